The van der Waals surface area contributed by atoms with E-state index in [1.165, 1.54) is 0 Å². The quantitative estimate of drug-likeness (QED) is 0.260. The number of unbranched alkanes of at least 4 members (excludes halogenated alkanes) is 1. The van der Waals surface area contributed by atoms with E-state index in [1.807, 2.05) is 41.3 Å². The number of carbonyl (C=O) groups excluding carboxylic acids is 1. The summed E-state index contributed by atoms with van der Waals surface area (Å²) in [6.45, 7) is 6.29. The van der Waals surface area contributed by atoms with Crippen LogP contribution in [0.15, 0.2) is 66.7 Å². The average molecular weight is 488 g/mol. The lowest BCUT2D eigenvalue weighted by atomic mass is 10.1. The van der Waals surface area contributed by atoms with Crippen LogP contribution in [-0.4, -0.2) is 28.6 Å². The Labute approximate surface area is 211 Å². The first-order chi connectivity index (χ1) is 17.0. The highest BCUT2D eigenvalue weighted by molar-refractivity contribution is 6.30. The molecule has 0 bridgehead atoms. The van der Waals surface area contributed by atoms with Gasteiger partial charge >= 0.3 is 0 Å². The summed E-state index contributed by atoms with van der Waals surface area (Å²) in [5.74, 6) is 2.08. The molecule has 0 N–H and O–H groups in total. The molecule has 4 aromatic rings. The lowest BCUT2D eigenvalue weighted by Gasteiger charge is -2.21. The number of para-hydroxylation sites is 3. The van der Waals surface area contributed by atoms with Crippen LogP contribution in [0.25, 0.3) is 11.0 Å². The third-order valence-electron chi connectivity index (χ3n) is 6.74. The largest absolute Gasteiger partial charge is 0.494 e. The summed E-state index contributed by atoms with van der Waals surface area (Å²) in [6, 6.07) is 21.9. The van der Waals surface area contributed by atoms with Gasteiger partial charge in [-0.2, -0.15) is 0 Å². The number of hydrogen-bond donors (Lipinski definition) is 0. The van der Waals surface area contributed by atoms with Crippen LogP contribution >= 0.6 is 11.6 Å². The summed E-state index contributed by atoms with van der Waals surface area (Å²) in [4.78, 5) is 20.1. The first-order valence-electron chi connectivity index (χ1n) is 12.2. The molecule has 1 aliphatic heterocycles. The van der Waals surface area contributed by atoms with E-state index in [-0.39, 0.29) is 11.8 Å². The number of ether oxygens (including phenoxy) is 1. The Morgan fingerprint density at radius 1 is 0.971 bits per heavy atom. The number of rotatable bonds is 8. The molecule has 180 valence electrons. The minimum atomic E-state index is 0.0687. The second-order valence-corrected chi connectivity index (χ2v) is 9.70. The Hall–Kier alpha value is -3.31. The van der Waals surface area contributed by atoms with E-state index in [1.54, 1.807) is 0 Å². The van der Waals surface area contributed by atoms with E-state index in [9.17, 15) is 4.79 Å². The van der Waals surface area contributed by atoms with E-state index in [2.05, 4.69) is 48.7 Å². The molecule has 5 rings (SSSR count). The van der Waals surface area contributed by atoms with Crippen LogP contribution in [0.4, 0.5) is 5.69 Å². The Morgan fingerprint density at radius 2 is 1.71 bits per heavy atom. The number of nitrogens with zero attached hydrogens (tertiary/aromatic N) is 3. The molecule has 0 saturated carbocycles. The van der Waals surface area contributed by atoms with Crippen LogP contribution in [0.5, 0.6) is 5.75 Å². The maximum Gasteiger partial charge on any atom is 0.227 e. The molecule has 1 fully saturated rings. The van der Waals surface area contributed by atoms with Crippen LogP contribution in [0.2, 0.25) is 5.02 Å². The molecule has 1 aromatic heterocycles. The molecule has 2 heterocycles. The van der Waals surface area contributed by atoms with Crippen molar-refractivity contribution in [3.63, 3.8) is 0 Å². The number of aromatic nitrogens is 2. The number of anilines is 1. The SMILES string of the molecule is Cc1cccc(C)c1N1CC(c2nc3ccccc3n2CCCCOc2ccc(Cl)cc2)CC1=O. The minimum absolute atomic E-state index is 0.0687. The van der Waals surface area contributed by atoms with E-state index >= 15 is 0 Å². The molecule has 3 aromatic carbocycles. The summed E-state index contributed by atoms with van der Waals surface area (Å²) < 4.78 is 8.17. The third-order valence-corrected chi connectivity index (χ3v) is 6.99. The fourth-order valence-corrected chi connectivity index (χ4v) is 5.19. The molecule has 1 saturated heterocycles. The second-order valence-electron chi connectivity index (χ2n) is 9.27. The number of hydrogen-bond acceptors (Lipinski definition) is 3. The number of carbonyl (C=O) groups is 1. The molecule has 6 heteroatoms. The van der Waals surface area contributed by atoms with E-state index in [0.717, 1.165) is 58.8 Å². The van der Waals surface area contributed by atoms with Gasteiger partial charge in [-0.3, -0.25) is 4.79 Å². The molecule has 5 nitrogen and oxygen atoms in total. The highest BCUT2D eigenvalue weighted by Crippen LogP contribution is 2.36. The van der Waals surface area contributed by atoms with Crippen LogP contribution in [0, 0.1) is 13.8 Å². The van der Waals surface area contributed by atoms with Crippen molar-refractivity contribution in [1.29, 1.82) is 0 Å². The summed E-state index contributed by atoms with van der Waals surface area (Å²) in [7, 11) is 0. The van der Waals surface area contributed by atoms with Crippen LogP contribution in [0.1, 0.15) is 42.1 Å². The minimum Gasteiger partial charge on any atom is -0.494 e. The first kappa shape index (κ1) is 23.4. The Bertz CT molecular complexity index is 1330. The zero-order valence-electron chi connectivity index (χ0n) is 20.2. The van der Waals surface area contributed by atoms with Crippen molar-refractivity contribution < 1.29 is 9.53 Å². The fourth-order valence-electron chi connectivity index (χ4n) is 5.06. The van der Waals surface area contributed by atoms with E-state index < -0.39 is 0 Å². The molecule has 0 aliphatic carbocycles. The third kappa shape index (κ3) is 4.92. The standard InChI is InChI=1S/C29H30ClN3O2/c1-20-8-7-9-21(2)28(20)33-19-22(18-27(33)34)29-31-25-10-3-4-11-26(25)32(29)16-5-6-17-35-24-14-12-23(30)13-15-24/h3-4,7-15,22H,5-6,16-19H2,1-2H3. The van der Waals surface area contributed by atoms with Crippen molar-refractivity contribution in [3.05, 3.63) is 88.7 Å². The lowest BCUT2D eigenvalue weighted by molar-refractivity contribution is -0.117. The molecule has 1 amide bonds. The van der Waals surface area contributed by atoms with Gasteiger partial charge in [-0.1, -0.05) is 41.9 Å². The zero-order valence-corrected chi connectivity index (χ0v) is 21.0. The summed E-state index contributed by atoms with van der Waals surface area (Å²) >= 11 is 5.95. The Morgan fingerprint density at radius 3 is 2.49 bits per heavy atom. The molecular formula is C29H30ClN3O2. The summed E-state index contributed by atoms with van der Waals surface area (Å²) in [5.41, 5.74) is 5.42. The number of imidazole rings is 1. The van der Waals surface area contributed by atoms with Gasteiger partial charge in [0.05, 0.1) is 17.6 Å². The number of fused-ring (bicyclic) bond motifs is 1. The summed E-state index contributed by atoms with van der Waals surface area (Å²) in [5, 5.41) is 0.707. The van der Waals surface area contributed by atoms with E-state index in [4.69, 9.17) is 21.3 Å². The van der Waals surface area contributed by atoms with Crippen molar-refractivity contribution >= 4 is 34.2 Å². The monoisotopic (exact) mass is 487 g/mol. The smallest absolute Gasteiger partial charge is 0.227 e. The van der Waals surface area contributed by atoms with Gasteiger partial charge in [0.1, 0.15) is 11.6 Å². The van der Waals surface area contributed by atoms with E-state index in [0.29, 0.717) is 24.6 Å². The molecular weight excluding hydrogens is 458 g/mol. The van der Waals surface area contributed by atoms with Gasteiger partial charge in [0.25, 0.3) is 0 Å². The highest BCUT2D eigenvalue weighted by atomic mass is 35.5. The van der Waals surface area contributed by atoms with Gasteiger partial charge in [0.15, 0.2) is 0 Å². The maximum atomic E-state index is 13.1. The van der Waals surface area contributed by atoms with Crippen LogP contribution in [-0.2, 0) is 11.3 Å². The summed E-state index contributed by atoms with van der Waals surface area (Å²) in [6.07, 6.45) is 2.37. The molecule has 1 unspecified atom stereocenters. The number of halogens is 1. The van der Waals surface area contributed by atoms with Crippen molar-refractivity contribution in [1.82, 2.24) is 9.55 Å². The van der Waals surface area contributed by atoms with Crippen molar-refractivity contribution in [2.24, 2.45) is 0 Å². The number of amides is 1. The van der Waals surface area contributed by atoms with Gasteiger partial charge in [-0.05, 0) is 74.2 Å². The van der Waals surface area contributed by atoms with Crippen LogP contribution < -0.4 is 9.64 Å². The fraction of sp³-hybridized carbons (Fsp3) is 0.310. The Balaban J connectivity index is 1.31. The predicted molar refractivity (Wildman–Crippen MR) is 142 cm³/mol. The van der Waals surface area contributed by atoms with Gasteiger partial charge in [-0.15, -0.1) is 0 Å². The number of aryl methyl sites for hydroxylation is 3. The molecule has 35 heavy (non-hydrogen) atoms. The molecule has 1 aliphatic rings. The van der Waals surface area contributed by atoms with Gasteiger partial charge in [0, 0.05) is 36.1 Å². The first-order valence-corrected chi connectivity index (χ1v) is 12.6. The maximum absolute atomic E-state index is 13.1. The van der Waals surface area contributed by atoms with Gasteiger partial charge in [-0.25, -0.2) is 4.98 Å². The normalized spacial score (nSPS) is 15.8. The van der Waals surface area contributed by atoms with Gasteiger partial charge in [0.2, 0.25) is 5.91 Å². The second kappa shape index (κ2) is 10.1. The predicted octanol–water partition coefficient (Wildman–Crippen LogP) is 6.69. The average Bonchev–Trinajstić information content (AvgIpc) is 3.40. The molecule has 0 radical (unpaired) electrons. The zero-order chi connectivity index (χ0) is 24.4. The van der Waals surface area contributed by atoms with Crippen molar-refractivity contribution in [3.8, 4) is 5.75 Å². The molecule has 0 spiro atoms. The van der Waals surface area contributed by atoms with Gasteiger partial charge < -0.3 is 14.2 Å². The molecule has 1 atom stereocenters. The number of benzene rings is 3. The van der Waals surface area contributed by atoms with Crippen LogP contribution in [0.3, 0.4) is 0 Å². The van der Waals surface area contributed by atoms with Crippen molar-refractivity contribution in [2.75, 3.05) is 18.1 Å². The Kier molecular flexibility index (Phi) is 6.78. The highest BCUT2D eigenvalue weighted by Gasteiger charge is 2.35. The van der Waals surface area contributed by atoms with Crippen molar-refractivity contribution in [2.45, 2.75) is 45.6 Å². The topological polar surface area (TPSA) is 47.4 Å². The lowest BCUT2D eigenvalue weighted by Crippen LogP contribution is -2.26.